The molecule has 0 bridgehead atoms. The number of methoxy groups -OCH3 is 1. The van der Waals surface area contributed by atoms with E-state index in [-0.39, 0.29) is 0 Å². The Morgan fingerprint density at radius 3 is 2.82 bits per heavy atom. The molecule has 6 heteroatoms. The van der Waals surface area contributed by atoms with E-state index < -0.39 is 0 Å². The summed E-state index contributed by atoms with van der Waals surface area (Å²) in [7, 11) is 1.71. The Balaban J connectivity index is 2.02. The summed E-state index contributed by atoms with van der Waals surface area (Å²) in [6, 6.07) is 3.80. The van der Waals surface area contributed by atoms with Crippen molar-refractivity contribution in [2.75, 3.05) is 13.7 Å². The molecule has 90 valence electrons. The van der Waals surface area contributed by atoms with Crippen molar-refractivity contribution < 1.29 is 4.74 Å². The lowest BCUT2D eigenvalue weighted by Gasteiger charge is -2.03. The molecular formula is C11H15N5O. The third-order valence-electron chi connectivity index (χ3n) is 2.44. The maximum Gasteiger partial charge on any atom is 0.182 e. The SMILES string of the molecule is COCCCCn1nnnc1-c1ccncc1. The first-order valence-electron chi connectivity index (χ1n) is 5.57. The molecule has 0 N–H and O–H groups in total. The second-order valence-corrected chi connectivity index (χ2v) is 3.66. The van der Waals surface area contributed by atoms with Crippen molar-refractivity contribution in [1.82, 2.24) is 25.2 Å². The number of tetrazole rings is 1. The molecule has 2 heterocycles. The molecule has 0 saturated heterocycles. The topological polar surface area (TPSA) is 65.7 Å². The Kier molecular flexibility index (Phi) is 4.15. The van der Waals surface area contributed by atoms with Gasteiger partial charge in [0.1, 0.15) is 0 Å². The van der Waals surface area contributed by atoms with Crippen molar-refractivity contribution in [3.63, 3.8) is 0 Å². The monoisotopic (exact) mass is 233 g/mol. The van der Waals surface area contributed by atoms with E-state index in [1.165, 1.54) is 0 Å². The molecule has 2 rings (SSSR count). The highest BCUT2D eigenvalue weighted by Crippen LogP contribution is 2.14. The molecule has 6 nitrogen and oxygen atoms in total. The fourth-order valence-corrected chi connectivity index (χ4v) is 1.57. The van der Waals surface area contributed by atoms with Gasteiger partial charge < -0.3 is 4.74 Å². The third kappa shape index (κ3) is 3.07. The van der Waals surface area contributed by atoms with Crippen LogP contribution in [0.15, 0.2) is 24.5 Å². The van der Waals surface area contributed by atoms with Gasteiger partial charge in [-0.05, 0) is 35.4 Å². The Labute approximate surface area is 99.6 Å². The number of nitrogens with zero attached hydrogens (tertiary/aromatic N) is 5. The van der Waals surface area contributed by atoms with Crippen LogP contribution in [0.1, 0.15) is 12.8 Å². The minimum atomic E-state index is 0.771. The van der Waals surface area contributed by atoms with E-state index in [1.807, 2.05) is 16.8 Å². The normalized spacial score (nSPS) is 10.6. The van der Waals surface area contributed by atoms with Gasteiger partial charge in [-0.3, -0.25) is 4.98 Å². The van der Waals surface area contributed by atoms with E-state index in [0.29, 0.717) is 0 Å². The van der Waals surface area contributed by atoms with E-state index in [4.69, 9.17) is 4.74 Å². The van der Waals surface area contributed by atoms with Crippen LogP contribution in [0.2, 0.25) is 0 Å². The minimum Gasteiger partial charge on any atom is -0.385 e. The highest BCUT2D eigenvalue weighted by molar-refractivity contribution is 5.52. The quantitative estimate of drug-likeness (QED) is 0.700. The van der Waals surface area contributed by atoms with Gasteiger partial charge >= 0.3 is 0 Å². The van der Waals surface area contributed by atoms with Gasteiger partial charge in [0, 0.05) is 38.2 Å². The van der Waals surface area contributed by atoms with Crippen LogP contribution in [0.4, 0.5) is 0 Å². The number of pyridine rings is 1. The second kappa shape index (κ2) is 6.05. The number of hydrogen-bond donors (Lipinski definition) is 0. The Morgan fingerprint density at radius 2 is 2.06 bits per heavy atom. The van der Waals surface area contributed by atoms with Crippen LogP contribution in [-0.2, 0) is 11.3 Å². The standard InChI is InChI=1S/C11H15N5O/c1-17-9-3-2-8-16-11(13-14-15-16)10-4-6-12-7-5-10/h4-7H,2-3,8-9H2,1H3. The average molecular weight is 233 g/mol. The van der Waals surface area contributed by atoms with Crippen LogP contribution in [0.25, 0.3) is 11.4 Å². The summed E-state index contributed by atoms with van der Waals surface area (Å²) in [5, 5.41) is 11.7. The zero-order valence-electron chi connectivity index (χ0n) is 9.78. The number of hydrogen-bond acceptors (Lipinski definition) is 5. The van der Waals surface area contributed by atoms with E-state index in [2.05, 4.69) is 20.5 Å². The fourth-order valence-electron chi connectivity index (χ4n) is 1.57. The molecule has 0 saturated carbocycles. The Hall–Kier alpha value is -1.82. The van der Waals surface area contributed by atoms with E-state index in [9.17, 15) is 0 Å². The molecule has 0 aliphatic rings. The molecule has 0 atom stereocenters. The first kappa shape index (κ1) is 11.7. The first-order valence-corrected chi connectivity index (χ1v) is 5.57. The van der Waals surface area contributed by atoms with Crippen molar-refractivity contribution in [3.8, 4) is 11.4 Å². The predicted octanol–water partition coefficient (Wildman–Crippen LogP) is 1.16. The van der Waals surface area contributed by atoms with Gasteiger partial charge in [0.15, 0.2) is 5.82 Å². The van der Waals surface area contributed by atoms with Crippen LogP contribution in [0.3, 0.4) is 0 Å². The van der Waals surface area contributed by atoms with Crippen molar-refractivity contribution in [1.29, 1.82) is 0 Å². The molecule has 0 fully saturated rings. The summed E-state index contributed by atoms with van der Waals surface area (Å²) in [5.41, 5.74) is 0.983. The molecule has 0 aromatic carbocycles. The molecule has 0 spiro atoms. The smallest absolute Gasteiger partial charge is 0.182 e. The number of unbranched alkanes of at least 4 members (excludes halogenated alkanes) is 1. The molecule has 2 aromatic heterocycles. The summed E-state index contributed by atoms with van der Waals surface area (Å²) < 4.78 is 6.82. The molecule has 2 aromatic rings. The van der Waals surface area contributed by atoms with Crippen LogP contribution in [0, 0.1) is 0 Å². The van der Waals surface area contributed by atoms with Gasteiger partial charge in [-0.2, -0.15) is 0 Å². The number of rotatable bonds is 6. The third-order valence-corrected chi connectivity index (χ3v) is 2.44. The Bertz CT molecular complexity index is 442. The maximum absolute atomic E-state index is 5.01. The lowest BCUT2D eigenvalue weighted by atomic mass is 10.2. The van der Waals surface area contributed by atoms with Crippen LogP contribution < -0.4 is 0 Å². The van der Waals surface area contributed by atoms with Gasteiger partial charge in [-0.25, -0.2) is 4.68 Å². The van der Waals surface area contributed by atoms with Gasteiger partial charge in [0.2, 0.25) is 0 Å². The molecule has 17 heavy (non-hydrogen) atoms. The maximum atomic E-state index is 5.01. The van der Waals surface area contributed by atoms with Gasteiger partial charge in [0.25, 0.3) is 0 Å². The number of aromatic nitrogens is 5. The molecule has 0 radical (unpaired) electrons. The van der Waals surface area contributed by atoms with Crippen molar-refractivity contribution in [2.24, 2.45) is 0 Å². The number of ether oxygens (including phenoxy) is 1. The van der Waals surface area contributed by atoms with Crippen LogP contribution in [0.5, 0.6) is 0 Å². The highest BCUT2D eigenvalue weighted by Gasteiger charge is 2.07. The molecular weight excluding hydrogens is 218 g/mol. The van der Waals surface area contributed by atoms with Crippen molar-refractivity contribution in [2.45, 2.75) is 19.4 Å². The zero-order chi connectivity index (χ0) is 11.9. The molecule has 0 amide bonds. The zero-order valence-corrected chi connectivity index (χ0v) is 9.78. The van der Waals surface area contributed by atoms with Crippen LogP contribution >= 0.6 is 0 Å². The lowest BCUT2D eigenvalue weighted by Crippen LogP contribution is -2.04. The summed E-state index contributed by atoms with van der Waals surface area (Å²) in [6.07, 6.45) is 5.47. The van der Waals surface area contributed by atoms with E-state index in [0.717, 1.165) is 37.4 Å². The van der Waals surface area contributed by atoms with Crippen LogP contribution in [-0.4, -0.2) is 38.9 Å². The van der Waals surface area contributed by atoms with E-state index in [1.54, 1.807) is 19.5 Å². The lowest BCUT2D eigenvalue weighted by molar-refractivity contribution is 0.191. The fraction of sp³-hybridized carbons (Fsp3) is 0.455. The number of aryl methyl sites for hydroxylation is 1. The second-order valence-electron chi connectivity index (χ2n) is 3.66. The van der Waals surface area contributed by atoms with E-state index >= 15 is 0 Å². The van der Waals surface area contributed by atoms with Gasteiger partial charge in [-0.1, -0.05) is 0 Å². The molecule has 0 unspecified atom stereocenters. The minimum absolute atomic E-state index is 0.771. The first-order chi connectivity index (χ1) is 8.42. The van der Waals surface area contributed by atoms with Gasteiger partial charge in [0.05, 0.1) is 0 Å². The van der Waals surface area contributed by atoms with Gasteiger partial charge in [-0.15, -0.1) is 5.10 Å². The summed E-state index contributed by atoms with van der Waals surface area (Å²) in [6.45, 7) is 1.57. The average Bonchev–Trinajstić information content (AvgIpc) is 2.84. The molecule has 0 aliphatic carbocycles. The summed E-state index contributed by atoms with van der Waals surface area (Å²) in [4.78, 5) is 3.98. The van der Waals surface area contributed by atoms with Crippen molar-refractivity contribution in [3.05, 3.63) is 24.5 Å². The predicted molar refractivity (Wildman–Crippen MR) is 62.2 cm³/mol. The summed E-state index contributed by atoms with van der Waals surface area (Å²) >= 11 is 0. The van der Waals surface area contributed by atoms with Crippen molar-refractivity contribution >= 4 is 0 Å². The Morgan fingerprint density at radius 1 is 1.24 bits per heavy atom. The molecule has 0 aliphatic heterocycles. The summed E-state index contributed by atoms with van der Waals surface area (Å²) in [5.74, 6) is 0.782. The largest absolute Gasteiger partial charge is 0.385 e. The highest BCUT2D eigenvalue weighted by atomic mass is 16.5.